The smallest absolute Gasteiger partial charge is 0.239 e. The zero-order valence-corrected chi connectivity index (χ0v) is 22.7. The Labute approximate surface area is 243 Å². The van der Waals surface area contributed by atoms with Crippen LogP contribution >= 0.6 is 0 Å². The van der Waals surface area contributed by atoms with Gasteiger partial charge in [-0.15, -0.1) is 0 Å². The number of hydrogen-bond donors (Lipinski definition) is 1. The molecule has 1 N–H and O–H groups in total. The molecule has 6 nitrogen and oxygen atoms in total. The van der Waals surface area contributed by atoms with Crippen LogP contribution in [-0.2, 0) is 19.8 Å². The van der Waals surface area contributed by atoms with Gasteiger partial charge in [0.1, 0.15) is 48.0 Å². The number of fused-ring (bicyclic) bond motifs is 1. The number of aromatic hydroxyl groups is 1. The maximum atomic E-state index is 14.2. The molecule has 0 fully saturated rings. The van der Waals surface area contributed by atoms with Crippen LogP contribution in [0.4, 0.5) is 0 Å². The van der Waals surface area contributed by atoms with Crippen molar-refractivity contribution in [2.24, 2.45) is 0 Å². The summed E-state index contributed by atoms with van der Waals surface area (Å²) in [6.45, 7) is 0.746. The van der Waals surface area contributed by atoms with Gasteiger partial charge in [-0.05, 0) is 41.0 Å². The van der Waals surface area contributed by atoms with E-state index in [1.807, 2.05) is 91.0 Å². The van der Waals surface area contributed by atoms with Gasteiger partial charge in [0.15, 0.2) is 5.76 Å². The van der Waals surface area contributed by atoms with Gasteiger partial charge in [0, 0.05) is 17.7 Å². The average molecular weight is 557 g/mol. The lowest BCUT2D eigenvalue weighted by Gasteiger charge is -2.16. The fourth-order valence-electron chi connectivity index (χ4n) is 4.58. The summed E-state index contributed by atoms with van der Waals surface area (Å²) in [5.74, 6) is 1.22. The van der Waals surface area contributed by atoms with E-state index in [9.17, 15) is 9.90 Å². The maximum Gasteiger partial charge on any atom is 0.239 e. The summed E-state index contributed by atoms with van der Waals surface area (Å²) in [6.07, 6.45) is 0. The van der Waals surface area contributed by atoms with Gasteiger partial charge in [-0.3, -0.25) is 4.79 Å². The summed E-state index contributed by atoms with van der Waals surface area (Å²) in [5, 5.41) is 10.1. The highest BCUT2D eigenvalue weighted by atomic mass is 16.5. The van der Waals surface area contributed by atoms with E-state index in [4.69, 9.17) is 18.6 Å². The second kappa shape index (κ2) is 12.4. The van der Waals surface area contributed by atoms with Gasteiger partial charge in [0.2, 0.25) is 11.2 Å². The van der Waals surface area contributed by atoms with E-state index in [0.717, 1.165) is 16.7 Å². The van der Waals surface area contributed by atoms with Gasteiger partial charge >= 0.3 is 0 Å². The summed E-state index contributed by atoms with van der Waals surface area (Å²) < 4.78 is 24.9. The molecule has 1 aromatic heterocycles. The predicted octanol–water partition coefficient (Wildman–Crippen LogP) is 7.90. The number of benzene rings is 5. The molecule has 1 heterocycles. The SMILES string of the molecule is O=c1c(OCc2ccccc2)c(-c2ccc(O)cc2)oc2cc(OCc3ccccc3)cc(OCc3ccccc3)c12. The van der Waals surface area contributed by atoms with Gasteiger partial charge in [-0.2, -0.15) is 0 Å². The molecule has 42 heavy (non-hydrogen) atoms. The molecule has 0 aliphatic rings. The Balaban J connectivity index is 1.46. The molecule has 0 spiro atoms. The number of hydrogen-bond acceptors (Lipinski definition) is 6. The first kappa shape index (κ1) is 26.7. The molecule has 0 saturated heterocycles. The Kier molecular flexibility index (Phi) is 7.86. The molecular formula is C36H28O6. The Morgan fingerprint density at radius 1 is 0.595 bits per heavy atom. The normalized spacial score (nSPS) is 10.9. The van der Waals surface area contributed by atoms with Crippen molar-refractivity contribution in [1.82, 2.24) is 0 Å². The van der Waals surface area contributed by atoms with Crippen molar-refractivity contribution in [2.75, 3.05) is 0 Å². The van der Waals surface area contributed by atoms with Crippen LogP contribution in [0.5, 0.6) is 23.0 Å². The van der Waals surface area contributed by atoms with Crippen LogP contribution < -0.4 is 19.6 Å². The zero-order chi connectivity index (χ0) is 28.7. The Hall–Kier alpha value is -5.49. The third kappa shape index (κ3) is 6.13. The molecule has 0 unspecified atom stereocenters. The molecule has 0 radical (unpaired) electrons. The van der Waals surface area contributed by atoms with Crippen LogP contribution in [0.2, 0.25) is 0 Å². The van der Waals surface area contributed by atoms with E-state index in [-0.39, 0.29) is 41.3 Å². The van der Waals surface area contributed by atoms with E-state index in [2.05, 4.69) is 0 Å². The van der Waals surface area contributed by atoms with Gasteiger partial charge in [-0.25, -0.2) is 0 Å². The number of phenolic OH excluding ortho intramolecular Hbond substituents is 1. The van der Waals surface area contributed by atoms with Crippen LogP contribution in [0, 0.1) is 0 Å². The lowest BCUT2D eigenvalue weighted by atomic mass is 10.1. The molecule has 6 heteroatoms. The van der Waals surface area contributed by atoms with Gasteiger partial charge in [-0.1, -0.05) is 91.0 Å². The van der Waals surface area contributed by atoms with Gasteiger partial charge < -0.3 is 23.7 Å². The standard InChI is InChI=1S/C36H28O6/c37-29-18-16-28(17-19-29)35-36(41-24-27-14-8-3-9-15-27)34(38)33-31(40-23-26-12-6-2-7-13-26)20-30(21-32(33)42-35)39-22-25-10-4-1-5-11-25/h1-21,37H,22-24H2. The van der Waals surface area contributed by atoms with Crippen LogP contribution in [-0.4, -0.2) is 5.11 Å². The molecule has 0 aliphatic heterocycles. The van der Waals surface area contributed by atoms with Crippen molar-refractivity contribution in [2.45, 2.75) is 19.8 Å². The number of phenols is 1. The van der Waals surface area contributed by atoms with Crippen molar-refractivity contribution in [1.29, 1.82) is 0 Å². The molecule has 0 amide bonds. The van der Waals surface area contributed by atoms with E-state index in [0.29, 0.717) is 29.3 Å². The minimum atomic E-state index is -0.368. The zero-order valence-electron chi connectivity index (χ0n) is 22.7. The molecule has 5 aromatic carbocycles. The van der Waals surface area contributed by atoms with Gasteiger partial charge in [0.05, 0.1) is 0 Å². The molecule has 0 bridgehead atoms. The Morgan fingerprint density at radius 2 is 1.12 bits per heavy atom. The van der Waals surface area contributed by atoms with Crippen molar-refractivity contribution in [3.63, 3.8) is 0 Å². The van der Waals surface area contributed by atoms with E-state index in [1.165, 1.54) is 12.1 Å². The fourth-order valence-corrected chi connectivity index (χ4v) is 4.58. The van der Waals surface area contributed by atoms with E-state index >= 15 is 0 Å². The molecule has 208 valence electrons. The summed E-state index contributed by atoms with van der Waals surface area (Å²) in [6, 6.07) is 39.0. The molecule has 6 aromatic rings. The highest BCUT2D eigenvalue weighted by molar-refractivity contribution is 5.88. The Morgan fingerprint density at radius 3 is 1.69 bits per heavy atom. The lowest BCUT2D eigenvalue weighted by molar-refractivity contribution is 0.288. The largest absolute Gasteiger partial charge is 0.508 e. The Bertz CT molecular complexity index is 1830. The lowest BCUT2D eigenvalue weighted by Crippen LogP contribution is -2.12. The van der Waals surface area contributed by atoms with Crippen LogP contribution in [0.1, 0.15) is 16.7 Å². The van der Waals surface area contributed by atoms with Gasteiger partial charge in [0.25, 0.3) is 0 Å². The first-order valence-corrected chi connectivity index (χ1v) is 13.6. The minimum Gasteiger partial charge on any atom is -0.508 e. The second-order valence-electron chi connectivity index (χ2n) is 9.75. The van der Waals surface area contributed by atoms with Crippen LogP contribution in [0.3, 0.4) is 0 Å². The predicted molar refractivity (Wildman–Crippen MR) is 162 cm³/mol. The monoisotopic (exact) mass is 556 g/mol. The van der Waals surface area contributed by atoms with E-state index < -0.39 is 0 Å². The first-order chi connectivity index (χ1) is 20.6. The fraction of sp³-hybridized carbons (Fsp3) is 0.0833. The molecule has 0 aliphatic carbocycles. The molecule has 0 atom stereocenters. The quantitative estimate of drug-likeness (QED) is 0.185. The summed E-state index contributed by atoms with van der Waals surface area (Å²) in [4.78, 5) is 14.2. The topological polar surface area (TPSA) is 78.1 Å². The van der Waals surface area contributed by atoms with Crippen molar-refractivity contribution >= 4 is 11.0 Å². The number of ether oxygens (including phenoxy) is 3. The first-order valence-electron chi connectivity index (χ1n) is 13.6. The highest BCUT2D eigenvalue weighted by Crippen LogP contribution is 2.37. The van der Waals surface area contributed by atoms with Crippen molar-refractivity contribution in [3.05, 3.63) is 154 Å². The van der Waals surface area contributed by atoms with Crippen LogP contribution in [0.15, 0.2) is 137 Å². The molecule has 6 rings (SSSR count). The molecular weight excluding hydrogens is 528 g/mol. The second-order valence-corrected chi connectivity index (χ2v) is 9.75. The summed E-state index contributed by atoms with van der Waals surface area (Å²) in [5.41, 5.74) is 3.36. The molecule has 0 saturated carbocycles. The minimum absolute atomic E-state index is 0.0551. The maximum absolute atomic E-state index is 14.2. The summed E-state index contributed by atoms with van der Waals surface area (Å²) >= 11 is 0. The number of rotatable bonds is 10. The third-order valence-electron chi connectivity index (χ3n) is 6.73. The van der Waals surface area contributed by atoms with Crippen molar-refractivity contribution in [3.8, 4) is 34.3 Å². The highest BCUT2D eigenvalue weighted by Gasteiger charge is 2.22. The third-order valence-corrected chi connectivity index (χ3v) is 6.73. The average Bonchev–Trinajstić information content (AvgIpc) is 3.04. The van der Waals surface area contributed by atoms with E-state index in [1.54, 1.807) is 24.3 Å². The van der Waals surface area contributed by atoms with Crippen LogP contribution in [0.25, 0.3) is 22.3 Å². The summed E-state index contributed by atoms with van der Waals surface area (Å²) in [7, 11) is 0. The van der Waals surface area contributed by atoms with Crippen molar-refractivity contribution < 1.29 is 23.7 Å².